The number of benzene rings is 1. The Bertz CT molecular complexity index is 750. The van der Waals surface area contributed by atoms with Crippen molar-refractivity contribution >= 4 is 11.7 Å². The average Bonchev–Trinajstić information content (AvgIpc) is 2.68. The van der Waals surface area contributed by atoms with Gasteiger partial charge in [-0.2, -0.15) is 0 Å². The maximum Gasteiger partial charge on any atom is 0.270 e. The van der Waals surface area contributed by atoms with Crippen LogP contribution in [0.1, 0.15) is 35.8 Å². The van der Waals surface area contributed by atoms with Gasteiger partial charge in [0.1, 0.15) is 23.6 Å². The van der Waals surface area contributed by atoms with Gasteiger partial charge in [0.15, 0.2) is 0 Å². The van der Waals surface area contributed by atoms with Gasteiger partial charge in [0.25, 0.3) is 5.91 Å². The predicted octanol–water partition coefficient (Wildman–Crippen LogP) is 2.69. The number of rotatable bonds is 6. The summed E-state index contributed by atoms with van der Waals surface area (Å²) in [6.45, 7) is 4.76. The number of piperidine rings is 1. The molecule has 138 valence electrons. The molecular formula is C20H26N4O2. The lowest BCUT2D eigenvalue weighted by molar-refractivity contribution is 0.0949. The summed E-state index contributed by atoms with van der Waals surface area (Å²) in [7, 11) is 1.65. The number of nitrogens with one attached hydrogen (secondary N) is 1. The van der Waals surface area contributed by atoms with Crippen molar-refractivity contribution in [3.8, 4) is 5.75 Å². The number of aromatic nitrogens is 2. The van der Waals surface area contributed by atoms with Crippen molar-refractivity contribution in [2.24, 2.45) is 5.92 Å². The monoisotopic (exact) mass is 354 g/mol. The minimum absolute atomic E-state index is 0.165. The Labute approximate surface area is 154 Å². The Balaban J connectivity index is 1.56. The molecule has 3 rings (SSSR count). The lowest BCUT2D eigenvalue weighted by Crippen LogP contribution is -2.35. The highest BCUT2D eigenvalue weighted by Crippen LogP contribution is 2.21. The van der Waals surface area contributed by atoms with Crippen LogP contribution in [-0.2, 0) is 6.42 Å². The number of hydrogen-bond donors (Lipinski definition) is 1. The number of anilines is 1. The van der Waals surface area contributed by atoms with Gasteiger partial charge in [-0.05, 0) is 42.9 Å². The molecule has 1 N–H and O–H groups in total. The Morgan fingerprint density at radius 2 is 2.23 bits per heavy atom. The number of hydrogen-bond acceptors (Lipinski definition) is 5. The lowest BCUT2D eigenvalue weighted by Gasteiger charge is -2.31. The molecule has 1 unspecified atom stereocenters. The van der Waals surface area contributed by atoms with Crippen LogP contribution in [0.2, 0.25) is 0 Å². The molecule has 2 aromatic rings. The number of ether oxygens (including phenoxy) is 1. The van der Waals surface area contributed by atoms with Crippen molar-refractivity contribution in [2.45, 2.75) is 26.2 Å². The Morgan fingerprint density at radius 3 is 3.04 bits per heavy atom. The molecule has 2 heterocycles. The van der Waals surface area contributed by atoms with E-state index >= 15 is 0 Å². The van der Waals surface area contributed by atoms with Gasteiger partial charge in [-0.15, -0.1) is 0 Å². The number of amides is 1. The maximum atomic E-state index is 12.4. The van der Waals surface area contributed by atoms with E-state index in [0.29, 0.717) is 18.2 Å². The van der Waals surface area contributed by atoms with Gasteiger partial charge >= 0.3 is 0 Å². The summed E-state index contributed by atoms with van der Waals surface area (Å²) in [5.74, 6) is 2.15. The second-order valence-corrected chi connectivity index (χ2v) is 6.81. The summed E-state index contributed by atoms with van der Waals surface area (Å²) in [6, 6.07) is 9.65. The van der Waals surface area contributed by atoms with Crippen LogP contribution in [0.25, 0.3) is 0 Å². The van der Waals surface area contributed by atoms with Crippen LogP contribution < -0.4 is 15.0 Å². The molecule has 6 nitrogen and oxygen atoms in total. The second kappa shape index (κ2) is 8.65. The number of carbonyl (C=O) groups is 1. The molecule has 1 atom stereocenters. The van der Waals surface area contributed by atoms with E-state index in [0.717, 1.165) is 43.1 Å². The molecule has 1 amide bonds. The van der Waals surface area contributed by atoms with Gasteiger partial charge in [0, 0.05) is 25.7 Å². The highest BCUT2D eigenvalue weighted by atomic mass is 16.5. The van der Waals surface area contributed by atoms with E-state index < -0.39 is 0 Å². The molecule has 1 aromatic heterocycles. The summed E-state index contributed by atoms with van der Waals surface area (Å²) >= 11 is 0. The summed E-state index contributed by atoms with van der Waals surface area (Å²) in [6.07, 6.45) is 4.63. The van der Waals surface area contributed by atoms with Crippen LogP contribution in [0.5, 0.6) is 5.75 Å². The van der Waals surface area contributed by atoms with Crippen molar-refractivity contribution in [3.63, 3.8) is 0 Å². The Kier molecular flexibility index (Phi) is 6.04. The highest BCUT2D eigenvalue weighted by Gasteiger charge is 2.19. The number of carbonyl (C=O) groups excluding carboxylic acids is 1. The standard InChI is InChI=1S/C20H26N4O2/c1-15-5-4-10-24(13-15)19-12-18(22-14-23-19)20(25)21-9-8-16-6-3-7-17(11-16)26-2/h3,6-7,11-12,14-15H,4-5,8-10,13H2,1-2H3,(H,21,25). The molecular weight excluding hydrogens is 328 g/mol. The fourth-order valence-corrected chi connectivity index (χ4v) is 3.28. The third-order valence-corrected chi connectivity index (χ3v) is 4.70. The average molecular weight is 354 g/mol. The smallest absolute Gasteiger partial charge is 0.270 e. The Morgan fingerprint density at radius 1 is 1.35 bits per heavy atom. The zero-order valence-corrected chi connectivity index (χ0v) is 15.4. The molecule has 0 saturated carbocycles. The first-order valence-electron chi connectivity index (χ1n) is 9.14. The van der Waals surface area contributed by atoms with Crippen molar-refractivity contribution in [2.75, 3.05) is 31.6 Å². The van der Waals surface area contributed by atoms with Crippen LogP contribution in [0.15, 0.2) is 36.7 Å². The molecule has 1 fully saturated rings. The van der Waals surface area contributed by atoms with Crippen LogP contribution in [0.3, 0.4) is 0 Å². The van der Waals surface area contributed by atoms with Gasteiger partial charge in [-0.3, -0.25) is 4.79 Å². The van der Waals surface area contributed by atoms with Crippen molar-refractivity contribution < 1.29 is 9.53 Å². The van der Waals surface area contributed by atoms with E-state index in [1.165, 1.54) is 12.7 Å². The molecule has 1 aliphatic heterocycles. The van der Waals surface area contributed by atoms with Gasteiger partial charge in [0.05, 0.1) is 7.11 Å². The minimum Gasteiger partial charge on any atom is -0.497 e. The Hall–Kier alpha value is -2.63. The van der Waals surface area contributed by atoms with E-state index in [4.69, 9.17) is 4.74 Å². The molecule has 0 spiro atoms. The summed E-state index contributed by atoms with van der Waals surface area (Å²) in [5, 5.41) is 2.94. The zero-order valence-electron chi connectivity index (χ0n) is 15.4. The maximum absolute atomic E-state index is 12.4. The topological polar surface area (TPSA) is 67.3 Å². The van der Waals surface area contributed by atoms with E-state index in [2.05, 4.69) is 27.1 Å². The molecule has 26 heavy (non-hydrogen) atoms. The molecule has 0 radical (unpaired) electrons. The fraction of sp³-hybridized carbons (Fsp3) is 0.450. The molecule has 1 aliphatic rings. The molecule has 1 saturated heterocycles. The van der Waals surface area contributed by atoms with Crippen molar-refractivity contribution in [1.82, 2.24) is 15.3 Å². The van der Waals surface area contributed by atoms with Crippen LogP contribution in [0, 0.1) is 5.92 Å². The number of methoxy groups -OCH3 is 1. The van der Waals surface area contributed by atoms with Gasteiger partial charge in [-0.25, -0.2) is 9.97 Å². The second-order valence-electron chi connectivity index (χ2n) is 6.81. The van der Waals surface area contributed by atoms with Crippen molar-refractivity contribution in [3.05, 3.63) is 47.9 Å². The van der Waals surface area contributed by atoms with Crippen LogP contribution >= 0.6 is 0 Å². The van der Waals surface area contributed by atoms with Crippen LogP contribution in [0.4, 0.5) is 5.82 Å². The zero-order chi connectivity index (χ0) is 18.4. The number of nitrogens with zero attached hydrogens (tertiary/aromatic N) is 3. The quantitative estimate of drug-likeness (QED) is 0.864. The molecule has 0 aliphatic carbocycles. The van der Waals surface area contributed by atoms with Gasteiger partial charge in [-0.1, -0.05) is 19.1 Å². The fourth-order valence-electron chi connectivity index (χ4n) is 3.28. The predicted molar refractivity (Wildman–Crippen MR) is 102 cm³/mol. The van der Waals surface area contributed by atoms with E-state index in [9.17, 15) is 4.79 Å². The van der Waals surface area contributed by atoms with Crippen LogP contribution in [-0.4, -0.2) is 42.6 Å². The van der Waals surface area contributed by atoms with E-state index in [1.54, 1.807) is 13.2 Å². The summed E-state index contributed by atoms with van der Waals surface area (Å²) < 4.78 is 5.22. The SMILES string of the molecule is COc1cccc(CCNC(=O)c2cc(N3CCCC(C)C3)ncn2)c1. The lowest BCUT2D eigenvalue weighted by atomic mass is 10.0. The largest absolute Gasteiger partial charge is 0.497 e. The highest BCUT2D eigenvalue weighted by molar-refractivity contribution is 5.92. The first-order valence-corrected chi connectivity index (χ1v) is 9.14. The van der Waals surface area contributed by atoms with Gasteiger partial charge < -0.3 is 15.0 Å². The van der Waals surface area contributed by atoms with Gasteiger partial charge in [0.2, 0.25) is 0 Å². The summed E-state index contributed by atoms with van der Waals surface area (Å²) in [4.78, 5) is 23.1. The third kappa shape index (κ3) is 4.71. The molecule has 0 bridgehead atoms. The van der Waals surface area contributed by atoms with Crippen molar-refractivity contribution in [1.29, 1.82) is 0 Å². The third-order valence-electron chi connectivity index (χ3n) is 4.70. The molecule has 1 aromatic carbocycles. The normalized spacial score (nSPS) is 17.0. The van der Waals surface area contributed by atoms with E-state index in [-0.39, 0.29) is 5.91 Å². The van der Waals surface area contributed by atoms with E-state index in [1.807, 2.05) is 24.3 Å². The minimum atomic E-state index is -0.165. The molecule has 6 heteroatoms. The summed E-state index contributed by atoms with van der Waals surface area (Å²) in [5.41, 5.74) is 1.54. The first kappa shape index (κ1) is 18.2. The first-order chi connectivity index (χ1) is 12.7.